The summed E-state index contributed by atoms with van der Waals surface area (Å²) in [7, 11) is 0. The molecule has 0 saturated carbocycles. The fourth-order valence-corrected chi connectivity index (χ4v) is 5.15. The highest BCUT2D eigenvalue weighted by molar-refractivity contribution is 7.09. The maximum atomic E-state index is 12.6. The number of rotatable bonds is 6. The lowest BCUT2D eigenvalue weighted by Crippen LogP contribution is -2.50. The van der Waals surface area contributed by atoms with E-state index in [0.29, 0.717) is 12.3 Å². The third-order valence-electron chi connectivity index (χ3n) is 6.05. The van der Waals surface area contributed by atoms with E-state index in [0.717, 1.165) is 51.2 Å². The van der Waals surface area contributed by atoms with Gasteiger partial charge in [-0.3, -0.25) is 9.69 Å². The predicted octanol–water partition coefficient (Wildman–Crippen LogP) is 4.21. The summed E-state index contributed by atoms with van der Waals surface area (Å²) in [5.41, 5.74) is 1.03. The number of nitrogens with zero attached hydrogens (tertiary/aromatic N) is 2. The molecule has 3 heterocycles. The fraction of sp³-hybridized carbons (Fsp3) is 0.565. The first-order valence-electron chi connectivity index (χ1n) is 10.7. The molecular formula is C23H31N3O2S. The molecule has 2 aliphatic heterocycles. The number of ether oxygens (including phenoxy) is 1. The average molecular weight is 414 g/mol. The Morgan fingerprint density at radius 3 is 2.86 bits per heavy atom. The molecule has 2 aliphatic rings. The van der Waals surface area contributed by atoms with Crippen molar-refractivity contribution in [2.75, 3.05) is 19.6 Å². The van der Waals surface area contributed by atoms with E-state index in [1.165, 1.54) is 10.6 Å². The van der Waals surface area contributed by atoms with E-state index < -0.39 is 0 Å². The molecule has 29 heavy (non-hydrogen) atoms. The Balaban J connectivity index is 1.43. The lowest BCUT2D eigenvalue weighted by Gasteiger charge is -2.46. The van der Waals surface area contributed by atoms with Gasteiger partial charge in [0.2, 0.25) is 5.91 Å². The minimum absolute atomic E-state index is 0.150. The maximum absolute atomic E-state index is 12.6. The Morgan fingerprint density at radius 1 is 1.34 bits per heavy atom. The van der Waals surface area contributed by atoms with Gasteiger partial charge in [0.1, 0.15) is 16.4 Å². The molecule has 6 heteroatoms. The van der Waals surface area contributed by atoms with Gasteiger partial charge < -0.3 is 10.1 Å². The Kier molecular flexibility index (Phi) is 6.20. The number of hydrogen-bond acceptors (Lipinski definition) is 5. The van der Waals surface area contributed by atoms with Crippen molar-refractivity contribution in [2.45, 2.75) is 57.6 Å². The van der Waals surface area contributed by atoms with Crippen LogP contribution in [0.5, 0.6) is 5.75 Å². The number of amides is 1. The SMILES string of the molecule is CC(C)CNC(=O)C[C@@H]1CC2(CCN(Cc3nccs3)CC2)Oc2ccccc21. The van der Waals surface area contributed by atoms with Gasteiger partial charge in [-0.1, -0.05) is 32.0 Å². The van der Waals surface area contributed by atoms with Crippen LogP contribution in [0.4, 0.5) is 0 Å². The van der Waals surface area contributed by atoms with Gasteiger partial charge in [0.15, 0.2) is 0 Å². The van der Waals surface area contributed by atoms with Crippen molar-refractivity contribution in [2.24, 2.45) is 5.92 Å². The number of benzene rings is 1. The lowest BCUT2D eigenvalue weighted by molar-refractivity contribution is -0.122. The summed E-state index contributed by atoms with van der Waals surface area (Å²) in [6.45, 7) is 7.92. The molecule has 156 valence electrons. The van der Waals surface area contributed by atoms with E-state index in [4.69, 9.17) is 4.74 Å². The van der Waals surface area contributed by atoms with E-state index >= 15 is 0 Å². The second kappa shape index (κ2) is 8.84. The van der Waals surface area contributed by atoms with E-state index in [9.17, 15) is 4.79 Å². The number of hydrogen-bond donors (Lipinski definition) is 1. The fourth-order valence-electron chi connectivity index (χ4n) is 4.49. The molecule has 5 nitrogen and oxygen atoms in total. The zero-order valence-corrected chi connectivity index (χ0v) is 18.2. The van der Waals surface area contributed by atoms with Crippen LogP contribution in [0.15, 0.2) is 35.8 Å². The van der Waals surface area contributed by atoms with Crippen molar-refractivity contribution in [1.29, 1.82) is 0 Å². The highest BCUT2D eigenvalue weighted by Gasteiger charge is 2.43. The van der Waals surface area contributed by atoms with E-state index in [-0.39, 0.29) is 17.4 Å². The van der Waals surface area contributed by atoms with Gasteiger partial charge in [0.25, 0.3) is 0 Å². The average Bonchev–Trinajstić information content (AvgIpc) is 3.21. The summed E-state index contributed by atoms with van der Waals surface area (Å²) in [4.78, 5) is 19.5. The van der Waals surface area contributed by atoms with E-state index in [2.05, 4.69) is 47.2 Å². The summed E-state index contributed by atoms with van der Waals surface area (Å²) in [6, 6.07) is 8.28. The number of fused-ring (bicyclic) bond motifs is 1. The maximum Gasteiger partial charge on any atom is 0.220 e. The molecule has 1 fully saturated rings. The molecule has 1 aromatic carbocycles. The predicted molar refractivity (Wildman–Crippen MR) is 116 cm³/mol. The van der Waals surface area contributed by atoms with Crippen LogP contribution >= 0.6 is 11.3 Å². The molecule has 1 N–H and O–H groups in total. The van der Waals surface area contributed by atoms with Crippen LogP contribution in [0.1, 0.15) is 56.0 Å². The van der Waals surface area contributed by atoms with Crippen LogP contribution in [0.3, 0.4) is 0 Å². The van der Waals surface area contributed by atoms with Gasteiger partial charge in [-0.2, -0.15) is 0 Å². The number of likely N-dealkylation sites (tertiary alicyclic amines) is 1. The number of carbonyl (C=O) groups excluding carboxylic acids is 1. The van der Waals surface area contributed by atoms with Gasteiger partial charge in [0.05, 0.1) is 6.54 Å². The zero-order valence-electron chi connectivity index (χ0n) is 17.4. The van der Waals surface area contributed by atoms with Crippen LogP contribution in [-0.4, -0.2) is 41.0 Å². The minimum Gasteiger partial charge on any atom is -0.487 e. The van der Waals surface area contributed by atoms with Crippen molar-refractivity contribution >= 4 is 17.2 Å². The number of nitrogens with one attached hydrogen (secondary N) is 1. The first-order valence-corrected chi connectivity index (χ1v) is 11.6. The second-order valence-corrected chi connectivity index (χ2v) is 9.81. The second-order valence-electron chi connectivity index (χ2n) is 8.83. The van der Waals surface area contributed by atoms with Gasteiger partial charge in [-0.25, -0.2) is 4.98 Å². The van der Waals surface area contributed by atoms with Crippen LogP contribution in [0.25, 0.3) is 0 Å². The monoisotopic (exact) mass is 413 g/mol. The van der Waals surface area contributed by atoms with Crippen molar-refractivity contribution in [3.8, 4) is 5.75 Å². The Morgan fingerprint density at radius 2 is 2.14 bits per heavy atom. The summed E-state index contributed by atoms with van der Waals surface area (Å²) in [5, 5.41) is 6.30. The van der Waals surface area contributed by atoms with Crippen molar-refractivity contribution in [3.63, 3.8) is 0 Å². The highest BCUT2D eigenvalue weighted by atomic mass is 32.1. The molecule has 1 amide bonds. The van der Waals surface area contributed by atoms with Crippen LogP contribution < -0.4 is 10.1 Å². The number of piperidine rings is 1. The first kappa shape index (κ1) is 20.4. The van der Waals surface area contributed by atoms with Gasteiger partial charge in [0, 0.05) is 43.5 Å². The summed E-state index contributed by atoms with van der Waals surface area (Å²) in [6.07, 6.45) is 5.33. The van der Waals surface area contributed by atoms with E-state index in [1.54, 1.807) is 11.3 Å². The molecule has 1 saturated heterocycles. The first-order chi connectivity index (χ1) is 14.0. The van der Waals surface area contributed by atoms with Crippen LogP contribution in [0.2, 0.25) is 0 Å². The smallest absolute Gasteiger partial charge is 0.220 e. The Labute approximate surface area is 177 Å². The number of aromatic nitrogens is 1. The summed E-state index contributed by atoms with van der Waals surface area (Å²) in [5.74, 6) is 1.80. The normalized spacial score (nSPS) is 21.0. The highest BCUT2D eigenvalue weighted by Crippen LogP contribution is 2.46. The summed E-state index contributed by atoms with van der Waals surface area (Å²) >= 11 is 1.72. The molecule has 0 bridgehead atoms. The molecule has 0 radical (unpaired) electrons. The van der Waals surface area contributed by atoms with Crippen LogP contribution in [-0.2, 0) is 11.3 Å². The molecular weight excluding hydrogens is 382 g/mol. The molecule has 1 spiro atoms. The quantitative estimate of drug-likeness (QED) is 0.771. The molecule has 4 rings (SSSR count). The third kappa shape index (κ3) is 4.98. The third-order valence-corrected chi connectivity index (χ3v) is 6.82. The number of thiazole rings is 1. The Hall–Kier alpha value is -1.92. The van der Waals surface area contributed by atoms with E-state index in [1.807, 2.05) is 17.6 Å². The van der Waals surface area contributed by atoms with Crippen molar-refractivity contribution < 1.29 is 9.53 Å². The minimum atomic E-state index is -0.156. The van der Waals surface area contributed by atoms with Gasteiger partial charge in [-0.15, -0.1) is 11.3 Å². The molecule has 0 unspecified atom stereocenters. The van der Waals surface area contributed by atoms with Crippen LogP contribution in [0, 0.1) is 5.92 Å². The lowest BCUT2D eigenvalue weighted by atomic mass is 9.76. The standard InChI is InChI=1S/C23H31N3O2S/c1-17(2)15-25-21(27)13-18-14-23(28-20-6-4-3-5-19(18)20)7-10-26(11-8-23)16-22-24-9-12-29-22/h3-6,9,12,17-18H,7-8,10-11,13-16H2,1-2H3,(H,25,27)/t18-/m1/s1. The molecule has 1 atom stereocenters. The number of para-hydroxylation sites is 1. The number of carbonyl (C=O) groups is 1. The molecule has 0 aliphatic carbocycles. The molecule has 1 aromatic heterocycles. The summed E-state index contributed by atoms with van der Waals surface area (Å²) < 4.78 is 6.58. The molecule has 2 aromatic rings. The largest absolute Gasteiger partial charge is 0.487 e. The zero-order chi connectivity index (χ0) is 20.3. The topological polar surface area (TPSA) is 54.5 Å². The van der Waals surface area contributed by atoms with Gasteiger partial charge in [-0.05, 0) is 36.8 Å². The van der Waals surface area contributed by atoms with Crippen molar-refractivity contribution in [3.05, 3.63) is 46.4 Å². The van der Waals surface area contributed by atoms with Gasteiger partial charge >= 0.3 is 0 Å². The van der Waals surface area contributed by atoms with Crippen molar-refractivity contribution in [1.82, 2.24) is 15.2 Å². The Bertz CT molecular complexity index is 813.